The number of fused-ring (bicyclic) bond motifs is 2. The maximum absolute atomic E-state index is 13.0. The summed E-state index contributed by atoms with van der Waals surface area (Å²) in [5.74, 6) is 1.06. The Labute approximate surface area is 184 Å². The fraction of sp³-hybridized carbons (Fsp3) is 0.652. The summed E-state index contributed by atoms with van der Waals surface area (Å²) in [5, 5.41) is 6.79. The molecule has 2 N–H and O–H groups in total. The number of carbonyl (C=O) groups is 1. The Hall–Kier alpha value is -2.51. The van der Waals surface area contributed by atoms with E-state index in [2.05, 4.69) is 15.6 Å². The van der Waals surface area contributed by atoms with Gasteiger partial charge in [0.25, 0.3) is 0 Å². The lowest BCUT2D eigenvalue weighted by Gasteiger charge is -2.40. The number of nitrogens with zero attached hydrogens (tertiary/aromatic N) is 2. The summed E-state index contributed by atoms with van der Waals surface area (Å²) in [6.07, 6.45) is 3.45. The molecule has 2 aliphatic heterocycles. The molecule has 7 nitrogen and oxygen atoms in total. The minimum Gasteiger partial charge on any atom is -0.489 e. The van der Waals surface area contributed by atoms with Crippen molar-refractivity contribution < 1.29 is 18.7 Å². The van der Waals surface area contributed by atoms with Gasteiger partial charge < -0.3 is 25.0 Å². The van der Waals surface area contributed by atoms with Gasteiger partial charge in [-0.15, -0.1) is 0 Å². The number of rotatable bonds is 5. The molecule has 3 rings (SSSR count). The average Bonchev–Trinajstić information content (AvgIpc) is 2.96. The highest BCUT2D eigenvalue weighted by atomic mass is 19.1. The Morgan fingerprint density at radius 3 is 2.39 bits per heavy atom. The zero-order valence-electron chi connectivity index (χ0n) is 19.2. The molecule has 3 unspecified atom stereocenters. The van der Waals surface area contributed by atoms with Crippen LogP contribution >= 0.6 is 0 Å². The van der Waals surface area contributed by atoms with Gasteiger partial charge in [-0.1, -0.05) is 0 Å². The number of piperidine rings is 1. The van der Waals surface area contributed by atoms with Crippen LogP contribution < -0.4 is 15.4 Å². The Morgan fingerprint density at radius 2 is 1.84 bits per heavy atom. The summed E-state index contributed by atoms with van der Waals surface area (Å²) in [6.45, 7) is 8.20. The van der Waals surface area contributed by atoms with E-state index in [-0.39, 0.29) is 36.1 Å². The molecule has 1 amide bonds. The SMILES string of the molecule is CN=C(NCC(C)Oc1ccc(F)cc1)NC1CC2CCC(C1)N2C(=O)OC(C)(C)C. The highest BCUT2D eigenvalue weighted by molar-refractivity contribution is 5.80. The first kappa shape index (κ1) is 23.2. The summed E-state index contributed by atoms with van der Waals surface area (Å²) in [5.41, 5.74) is -0.482. The van der Waals surface area contributed by atoms with Crippen LogP contribution in [0.4, 0.5) is 9.18 Å². The van der Waals surface area contributed by atoms with Crippen LogP contribution in [0.3, 0.4) is 0 Å². The molecule has 0 aromatic heterocycles. The smallest absolute Gasteiger partial charge is 0.410 e. The molecule has 2 aliphatic rings. The van der Waals surface area contributed by atoms with Crippen molar-refractivity contribution in [2.45, 2.75) is 83.2 Å². The van der Waals surface area contributed by atoms with E-state index in [0.717, 1.165) is 25.7 Å². The number of ether oxygens (including phenoxy) is 2. The Morgan fingerprint density at radius 1 is 1.23 bits per heavy atom. The number of amides is 1. The van der Waals surface area contributed by atoms with Crippen LogP contribution in [0.5, 0.6) is 5.75 Å². The molecule has 3 atom stereocenters. The van der Waals surface area contributed by atoms with Gasteiger partial charge in [-0.05, 0) is 77.6 Å². The van der Waals surface area contributed by atoms with E-state index in [9.17, 15) is 9.18 Å². The number of guanidine groups is 1. The van der Waals surface area contributed by atoms with E-state index in [4.69, 9.17) is 9.47 Å². The normalized spacial score (nSPS) is 24.5. The maximum Gasteiger partial charge on any atom is 0.410 e. The maximum atomic E-state index is 13.0. The van der Waals surface area contributed by atoms with Crippen LogP contribution in [-0.2, 0) is 4.74 Å². The first-order valence-corrected chi connectivity index (χ1v) is 11.1. The molecule has 2 bridgehead atoms. The number of aliphatic imine (C=N–C) groups is 1. The van der Waals surface area contributed by atoms with Crippen molar-refractivity contribution in [3.05, 3.63) is 30.1 Å². The van der Waals surface area contributed by atoms with Crippen molar-refractivity contribution >= 4 is 12.1 Å². The molecule has 8 heteroatoms. The summed E-state index contributed by atoms with van der Waals surface area (Å²) < 4.78 is 24.4. The van der Waals surface area contributed by atoms with Gasteiger partial charge in [0.1, 0.15) is 23.3 Å². The van der Waals surface area contributed by atoms with Crippen LogP contribution in [0.25, 0.3) is 0 Å². The fourth-order valence-corrected chi connectivity index (χ4v) is 4.32. The van der Waals surface area contributed by atoms with Crippen LogP contribution in [0.15, 0.2) is 29.3 Å². The van der Waals surface area contributed by atoms with Crippen molar-refractivity contribution in [2.75, 3.05) is 13.6 Å². The highest BCUT2D eigenvalue weighted by Crippen LogP contribution is 2.36. The minimum atomic E-state index is -0.482. The van der Waals surface area contributed by atoms with E-state index in [1.165, 1.54) is 12.1 Å². The quantitative estimate of drug-likeness (QED) is 0.546. The molecule has 0 saturated carbocycles. The first-order chi connectivity index (χ1) is 14.6. The summed E-state index contributed by atoms with van der Waals surface area (Å²) >= 11 is 0. The molecular formula is C23H35FN4O3. The zero-order valence-corrected chi connectivity index (χ0v) is 19.2. The lowest BCUT2D eigenvalue weighted by molar-refractivity contribution is 0.00544. The Bertz CT molecular complexity index is 764. The van der Waals surface area contributed by atoms with Gasteiger partial charge in [-0.25, -0.2) is 9.18 Å². The van der Waals surface area contributed by atoms with Crippen LogP contribution in [0.2, 0.25) is 0 Å². The highest BCUT2D eigenvalue weighted by Gasteiger charge is 2.45. The number of hydrogen-bond donors (Lipinski definition) is 2. The van der Waals surface area contributed by atoms with Crippen molar-refractivity contribution in [3.8, 4) is 5.75 Å². The van der Waals surface area contributed by atoms with Gasteiger partial charge in [0.15, 0.2) is 5.96 Å². The molecule has 0 spiro atoms. The third-order valence-electron chi connectivity index (χ3n) is 5.61. The number of hydrogen-bond acceptors (Lipinski definition) is 4. The molecule has 2 heterocycles. The number of carbonyl (C=O) groups excluding carboxylic acids is 1. The van der Waals surface area contributed by atoms with E-state index < -0.39 is 5.60 Å². The van der Waals surface area contributed by atoms with E-state index in [0.29, 0.717) is 18.3 Å². The molecular weight excluding hydrogens is 399 g/mol. The molecule has 31 heavy (non-hydrogen) atoms. The van der Waals surface area contributed by atoms with Gasteiger partial charge in [-0.2, -0.15) is 0 Å². The number of halogens is 1. The number of nitrogens with one attached hydrogen (secondary N) is 2. The molecule has 0 aliphatic carbocycles. The fourth-order valence-electron chi connectivity index (χ4n) is 4.32. The van der Waals surface area contributed by atoms with Gasteiger partial charge >= 0.3 is 6.09 Å². The average molecular weight is 435 g/mol. The topological polar surface area (TPSA) is 75.2 Å². The van der Waals surface area contributed by atoms with E-state index in [1.807, 2.05) is 32.6 Å². The molecule has 2 saturated heterocycles. The predicted octanol–water partition coefficient (Wildman–Crippen LogP) is 3.69. The van der Waals surface area contributed by atoms with Crippen LogP contribution in [-0.4, -0.2) is 60.4 Å². The standard InChI is InChI=1S/C23H35FN4O3/c1-15(30-20-10-6-16(24)7-11-20)14-26-21(25-5)27-17-12-18-8-9-19(13-17)28(18)22(29)31-23(2,3)4/h6-7,10-11,15,17-19H,8-9,12-14H2,1-5H3,(H2,25,26,27). The molecule has 1 aromatic rings. The zero-order chi connectivity index (χ0) is 22.6. The van der Waals surface area contributed by atoms with Crippen molar-refractivity contribution in [2.24, 2.45) is 4.99 Å². The molecule has 0 radical (unpaired) electrons. The van der Waals surface area contributed by atoms with Crippen molar-refractivity contribution in [3.63, 3.8) is 0 Å². The molecule has 172 valence electrons. The predicted molar refractivity (Wildman–Crippen MR) is 119 cm³/mol. The molecule has 2 fully saturated rings. The largest absolute Gasteiger partial charge is 0.489 e. The van der Waals surface area contributed by atoms with Crippen molar-refractivity contribution in [1.82, 2.24) is 15.5 Å². The third kappa shape index (κ3) is 6.48. The van der Waals surface area contributed by atoms with Gasteiger partial charge in [-0.3, -0.25) is 4.99 Å². The van der Waals surface area contributed by atoms with Crippen molar-refractivity contribution in [1.29, 1.82) is 0 Å². The minimum absolute atomic E-state index is 0.116. The Balaban J connectivity index is 1.47. The van der Waals surface area contributed by atoms with E-state index >= 15 is 0 Å². The summed E-state index contributed by atoms with van der Waals surface area (Å²) in [6, 6.07) is 6.65. The van der Waals surface area contributed by atoms with E-state index in [1.54, 1.807) is 19.2 Å². The summed E-state index contributed by atoms with van der Waals surface area (Å²) in [4.78, 5) is 18.9. The lowest BCUT2D eigenvalue weighted by atomic mass is 9.98. The third-order valence-corrected chi connectivity index (χ3v) is 5.61. The second kappa shape index (κ2) is 9.75. The Kier molecular flexibility index (Phi) is 7.28. The summed E-state index contributed by atoms with van der Waals surface area (Å²) in [7, 11) is 1.74. The van der Waals surface area contributed by atoms with Gasteiger partial charge in [0.05, 0.1) is 6.54 Å². The molecule has 1 aromatic carbocycles. The van der Waals surface area contributed by atoms with Crippen LogP contribution in [0.1, 0.15) is 53.4 Å². The monoisotopic (exact) mass is 434 g/mol. The second-order valence-corrected chi connectivity index (χ2v) is 9.42. The second-order valence-electron chi connectivity index (χ2n) is 9.42. The first-order valence-electron chi connectivity index (χ1n) is 11.1. The van der Waals surface area contributed by atoms with Gasteiger partial charge in [0, 0.05) is 25.2 Å². The number of benzene rings is 1. The lowest BCUT2D eigenvalue weighted by Crippen LogP contribution is -2.55. The van der Waals surface area contributed by atoms with Gasteiger partial charge in [0.2, 0.25) is 0 Å². The van der Waals surface area contributed by atoms with Crippen LogP contribution in [0, 0.1) is 5.82 Å².